The summed E-state index contributed by atoms with van der Waals surface area (Å²) in [6.45, 7) is 2.61. The van der Waals surface area contributed by atoms with Crippen LogP contribution in [0.2, 0.25) is 0 Å². The minimum Gasteiger partial charge on any atom is -0.467 e. The van der Waals surface area contributed by atoms with E-state index in [4.69, 9.17) is 4.42 Å². The molecule has 1 N–H and O–H groups in total. The van der Waals surface area contributed by atoms with E-state index in [-0.39, 0.29) is 5.91 Å². The first-order valence-electron chi connectivity index (χ1n) is 11.0. The second-order valence-electron chi connectivity index (χ2n) is 6.81. The fraction of sp³-hybridized carbons (Fsp3) is 0.370. The molecular formula is C27H37NO2. The molecule has 0 saturated carbocycles. The lowest BCUT2D eigenvalue weighted by molar-refractivity contribution is -0.121. The molecule has 0 spiro atoms. The molecule has 1 heterocycles. The van der Waals surface area contributed by atoms with Crippen LogP contribution in [0.1, 0.15) is 64.1 Å². The second kappa shape index (κ2) is 19.5. The van der Waals surface area contributed by atoms with Crippen LogP contribution in [0.4, 0.5) is 0 Å². The molecule has 1 rings (SSSR count). The summed E-state index contributed by atoms with van der Waals surface area (Å²) in [5.41, 5.74) is 0. The van der Waals surface area contributed by atoms with Gasteiger partial charge in [0.25, 0.3) is 0 Å². The second-order valence-corrected chi connectivity index (χ2v) is 6.81. The number of furan rings is 1. The molecule has 1 aromatic rings. The van der Waals surface area contributed by atoms with E-state index in [0.717, 1.165) is 50.7 Å². The van der Waals surface area contributed by atoms with Gasteiger partial charge in [-0.3, -0.25) is 4.79 Å². The third-order valence-electron chi connectivity index (χ3n) is 4.17. The molecule has 0 fully saturated rings. The van der Waals surface area contributed by atoms with Crippen LogP contribution >= 0.6 is 0 Å². The van der Waals surface area contributed by atoms with Gasteiger partial charge >= 0.3 is 0 Å². The first kappa shape index (κ1) is 25.2. The number of carbonyl (C=O) groups excluding carboxylic acids is 1. The summed E-state index contributed by atoms with van der Waals surface area (Å²) in [5.74, 6) is 0.822. The van der Waals surface area contributed by atoms with Crippen molar-refractivity contribution in [2.24, 2.45) is 0 Å². The SMILES string of the molecule is CC/C=C/C/C=C/C/C=C/C/C=C/C/C=C/C/C=C/CCC(=O)NCc1ccco1. The molecule has 30 heavy (non-hydrogen) atoms. The van der Waals surface area contributed by atoms with Crippen LogP contribution in [0.25, 0.3) is 0 Å². The van der Waals surface area contributed by atoms with Crippen molar-refractivity contribution < 1.29 is 9.21 Å². The molecule has 0 saturated heterocycles. The van der Waals surface area contributed by atoms with Gasteiger partial charge in [0, 0.05) is 6.42 Å². The van der Waals surface area contributed by atoms with E-state index >= 15 is 0 Å². The summed E-state index contributed by atoms with van der Waals surface area (Å²) in [5, 5.41) is 2.85. The van der Waals surface area contributed by atoms with Gasteiger partial charge in [0.2, 0.25) is 5.91 Å². The monoisotopic (exact) mass is 407 g/mol. The number of rotatable bonds is 16. The van der Waals surface area contributed by atoms with Crippen LogP contribution in [-0.4, -0.2) is 5.91 Å². The van der Waals surface area contributed by atoms with E-state index in [0.29, 0.717) is 13.0 Å². The maximum atomic E-state index is 11.7. The van der Waals surface area contributed by atoms with Gasteiger partial charge in [0.1, 0.15) is 5.76 Å². The van der Waals surface area contributed by atoms with Crippen molar-refractivity contribution in [1.82, 2.24) is 5.32 Å². The molecule has 3 heteroatoms. The fourth-order valence-electron chi connectivity index (χ4n) is 2.54. The van der Waals surface area contributed by atoms with Gasteiger partial charge < -0.3 is 9.73 Å². The van der Waals surface area contributed by atoms with Crippen molar-refractivity contribution in [2.45, 2.75) is 64.8 Å². The van der Waals surface area contributed by atoms with Crippen molar-refractivity contribution in [3.05, 3.63) is 97.1 Å². The summed E-state index contributed by atoms with van der Waals surface area (Å²) in [4.78, 5) is 11.7. The topological polar surface area (TPSA) is 42.2 Å². The van der Waals surface area contributed by atoms with Crippen LogP contribution in [0.3, 0.4) is 0 Å². The third-order valence-corrected chi connectivity index (χ3v) is 4.17. The van der Waals surface area contributed by atoms with Gasteiger partial charge in [-0.2, -0.15) is 0 Å². The average molecular weight is 408 g/mol. The van der Waals surface area contributed by atoms with Crippen molar-refractivity contribution in [1.29, 1.82) is 0 Å². The zero-order chi connectivity index (χ0) is 21.5. The van der Waals surface area contributed by atoms with Crippen LogP contribution in [0.15, 0.2) is 95.7 Å². The maximum Gasteiger partial charge on any atom is 0.220 e. The smallest absolute Gasteiger partial charge is 0.220 e. The lowest BCUT2D eigenvalue weighted by Crippen LogP contribution is -2.21. The molecule has 0 radical (unpaired) electrons. The molecule has 0 aliphatic rings. The number of hydrogen-bond donors (Lipinski definition) is 1. The molecule has 3 nitrogen and oxygen atoms in total. The Balaban J connectivity index is 1.94. The van der Waals surface area contributed by atoms with E-state index in [1.54, 1.807) is 6.26 Å². The number of carbonyl (C=O) groups is 1. The largest absolute Gasteiger partial charge is 0.467 e. The molecule has 0 aromatic carbocycles. The Morgan fingerprint density at radius 2 is 1.30 bits per heavy atom. The Kier molecular flexibility index (Phi) is 16.4. The molecular weight excluding hydrogens is 370 g/mol. The number of amides is 1. The normalized spacial score (nSPS) is 12.7. The summed E-state index contributed by atoms with van der Waals surface area (Å²) >= 11 is 0. The average Bonchev–Trinajstić information content (AvgIpc) is 3.27. The minimum absolute atomic E-state index is 0.0472. The van der Waals surface area contributed by atoms with Gasteiger partial charge in [-0.25, -0.2) is 0 Å². The summed E-state index contributed by atoms with van der Waals surface area (Å²) in [6.07, 6.45) is 35.0. The number of nitrogens with one attached hydrogen (secondary N) is 1. The highest BCUT2D eigenvalue weighted by atomic mass is 16.3. The van der Waals surface area contributed by atoms with Crippen LogP contribution in [0.5, 0.6) is 0 Å². The first-order valence-corrected chi connectivity index (χ1v) is 11.0. The molecule has 1 amide bonds. The van der Waals surface area contributed by atoms with Gasteiger partial charge in [-0.15, -0.1) is 0 Å². The van der Waals surface area contributed by atoms with Gasteiger partial charge in [-0.05, 0) is 57.1 Å². The highest BCUT2D eigenvalue weighted by Gasteiger charge is 2.00. The van der Waals surface area contributed by atoms with Crippen molar-refractivity contribution in [3.8, 4) is 0 Å². The van der Waals surface area contributed by atoms with Crippen molar-refractivity contribution >= 4 is 5.91 Å². The van der Waals surface area contributed by atoms with E-state index < -0.39 is 0 Å². The van der Waals surface area contributed by atoms with Gasteiger partial charge in [0.15, 0.2) is 0 Å². The summed E-state index contributed by atoms with van der Waals surface area (Å²) < 4.78 is 5.18. The highest BCUT2D eigenvalue weighted by Crippen LogP contribution is 2.00. The van der Waals surface area contributed by atoms with E-state index in [9.17, 15) is 4.79 Å². The van der Waals surface area contributed by atoms with Gasteiger partial charge in [-0.1, -0.05) is 79.8 Å². The predicted molar refractivity (Wildman–Crippen MR) is 128 cm³/mol. The molecule has 0 atom stereocenters. The summed E-state index contributed by atoms with van der Waals surface area (Å²) in [7, 11) is 0. The Labute approximate surface area is 182 Å². The Morgan fingerprint density at radius 1 is 0.800 bits per heavy atom. The predicted octanol–water partition coefficient (Wildman–Crippen LogP) is 7.37. The number of hydrogen-bond acceptors (Lipinski definition) is 2. The summed E-state index contributed by atoms with van der Waals surface area (Å²) in [6, 6.07) is 3.67. The maximum absolute atomic E-state index is 11.7. The molecule has 1 aromatic heterocycles. The van der Waals surface area contributed by atoms with Crippen LogP contribution in [-0.2, 0) is 11.3 Å². The third kappa shape index (κ3) is 16.2. The number of allylic oxidation sites excluding steroid dienone is 12. The molecule has 0 aliphatic carbocycles. The lowest BCUT2D eigenvalue weighted by Gasteiger charge is -2.00. The van der Waals surface area contributed by atoms with Gasteiger partial charge in [0.05, 0.1) is 12.8 Å². The Morgan fingerprint density at radius 3 is 1.77 bits per heavy atom. The fourth-order valence-corrected chi connectivity index (χ4v) is 2.54. The zero-order valence-electron chi connectivity index (χ0n) is 18.3. The molecule has 0 unspecified atom stereocenters. The van der Waals surface area contributed by atoms with Crippen LogP contribution in [0, 0.1) is 0 Å². The standard InChI is InChI=1S/C27H37NO2/c1-2-3-4-5-6-7-8-9-10-11-12-13-14-15-16-17-18-19-20-23-27(29)28-25-26-22-21-24-30-26/h3-4,6-7,9-10,12-13,15-16,18-19,21-22,24H,2,5,8,11,14,17,20,23,25H2,1H3,(H,28,29)/b4-3+,7-6+,10-9+,13-12+,16-15+,19-18+. The van der Waals surface area contributed by atoms with E-state index in [2.05, 4.69) is 85.2 Å². The molecule has 0 bridgehead atoms. The molecule has 162 valence electrons. The van der Waals surface area contributed by atoms with Crippen molar-refractivity contribution in [2.75, 3.05) is 0 Å². The Bertz CT molecular complexity index is 703. The van der Waals surface area contributed by atoms with Crippen LogP contribution < -0.4 is 5.32 Å². The zero-order valence-corrected chi connectivity index (χ0v) is 18.3. The van der Waals surface area contributed by atoms with E-state index in [1.165, 1.54) is 0 Å². The Hall–Kier alpha value is -2.81. The minimum atomic E-state index is 0.0472. The first-order chi connectivity index (χ1) is 14.8. The lowest BCUT2D eigenvalue weighted by atomic mass is 10.2. The molecule has 0 aliphatic heterocycles. The highest BCUT2D eigenvalue weighted by molar-refractivity contribution is 5.75. The van der Waals surface area contributed by atoms with E-state index in [1.807, 2.05) is 12.1 Å². The quantitative estimate of drug-likeness (QED) is 0.291. The van der Waals surface area contributed by atoms with Crippen molar-refractivity contribution in [3.63, 3.8) is 0 Å².